The van der Waals surface area contributed by atoms with Gasteiger partial charge < -0.3 is 14.2 Å². The second-order valence-electron chi connectivity index (χ2n) is 5.47. The van der Waals surface area contributed by atoms with Gasteiger partial charge in [-0.15, -0.1) is 0 Å². The zero-order chi connectivity index (χ0) is 16.4. The summed E-state index contributed by atoms with van der Waals surface area (Å²) in [7, 11) is 0. The third-order valence-corrected chi connectivity index (χ3v) is 3.85. The number of para-hydroxylation sites is 1. The van der Waals surface area contributed by atoms with Crippen LogP contribution in [0.4, 0.5) is 4.39 Å². The van der Waals surface area contributed by atoms with Gasteiger partial charge in [-0.2, -0.15) is 4.98 Å². The van der Waals surface area contributed by atoms with Crippen LogP contribution in [0, 0.1) is 12.7 Å². The summed E-state index contributed by atoms with van der Waals surface area (Å²) in [5.74, 6) is 0.379. The van der Waals surface area contributed by atoms with Crippen LogP contribution < -0.4 is 4.74 Å². The highest BCUT2D eigenvalue weighted by molar-refractivity contribution is 5.97. The molecule has 122 valence electrons. The molecule has 3 rings (SSSR count). The molecule has 7 heteroatoms. The molecule has 1 atom stereocenters. The SMILES string of the molecule is CCOc1c(F)cccc1C(=O)N1CC[C@H](c2nc(C)no2)C1. The van der Waals surface area contributed by atoms with Crippen molar-refractivity contribution in [1.29, 1.82) is 0 Å². The third-order valence-electron chi connectivity index (χ3n) is 3.85. The molecule has 6 nitrogen and oxygen atoms in total. The quantitative estimate of drug-likeness (QED) is 0.866. The molecule has 2 heterocycles. The van der Waals surface area contributed by atoms with E-state index in [1.807, 2.05) is 0 Å². The van der Waals surface area contributed by atoms with Crippen molar-refractivity contribution >= 4 is 5.91 Å². The Morgan fingerprint density at radius 3 is 3.04 bits per heavy atom. The summed E-state index contributed by atoms with van der Waals surface area (Å²) >= 11 is 0. The van der Waals surface area contributed by atoms with Gasteiger partial charge in [-0.05, 0) is 32.4 Å². The van der Waals surface area contributed by atoms with E-state index in [4.69, 9.17) is 9.26 Å². The van der Waals surface area contributed by atoms with Crippen LogP contribution in [0.1, 0.15) is 41.3 Å². The van der Waals surface area contributed by atoms with E-state index in [1.54, 1.807) is 24.8 Å². The van der Waals surface area contributed by atoms with Crippen LogP contribution in [0.3, 0.4) is 0 Å². The highest BCUT2D eigenvalue weighted by atomic mass is 19.1. The standard InChI is InChI=1S/C16H18FN3O3/c1-3-22-14-12(5-4-6-13(14)17)16(21)20-8-7-11(9-20)15-18-10(2)19-23-15/h4-6,11H,3,7-9H2,1-2H3/t11-/m0/s1. The molecule has 1 fully saturated rings. The van der Waals surface area contributed by atoms with Gasteiger partial charge in [0.25, 0.3) is 5.91 Å². The van der Waals surface area contributed by atoms with Crippen molar-refractivity contribution in [2.75, 3.05) is 19.7 Å². The van der Waals surface area contributed by atoms with Crippen LogP contribution in [-0.2, 0) is 0 Å². The lowest BCUT2D eigenvalue weighted by atomic mass is 10.1. The fraction of sp³-hybridized carbons (Fsp3) is 0.438. The van der Waals surface area contributed by atoms with E-state index >= 15 is 0 Å². The lowest BCUT2D eigenvalue weighted by Crippen LogP contribution is -2.29. The lowest BCUT2D eigenvalue weighted by molar-refractivity contribution is 0.0784. The summed E-state index contributed by atoms with van der Waals surface area (Å²) in [6, 6.07) is 4.39. The Balaban J connectivity index is 1.78. The van der Waals surface area contributed by atoms with Gasteiger partial charge >= 0.3 is 0 Å². The van der Waals surface area contributed by atoms with Gasteiger partial charge in [0.2, 0.25) is 5.89 Å². The zero-order valence-electron chi connectivity index (χ0n) is 13.1. The number of halogens is 1. The highest BCUT2D eigenvalue weighted by Gasteiger charge is 2.32. The van der Waals surface area contributed by atoms with Gasteiger partial charge in [-0.25, -0.2) is 4.39 Å². The van der Waals surface area contributed by atoms with Gasteiger partial charge in [-0.1, -0.05) is 11.2 Å². The molecule has 0 spiro atoms. The summed E-state index contributed by atoms with van der Waals surface area (Å²) in [6.07, 6.45) is 0.743. The Bertz CT molecular complexity index is 716. The second kappa shape index (κ2) is 6.36. The van der Waals surface area contributed by atoms with Crippen LogP contribution in [0.2, 0.25) is 0 Å². The van der Waals surface area contributed by atoms with E-state index in [0.29, 0.717) is 31.4 Å². The number of hydrogen-bond acceptors (Lipinski definition) is 5. The summed E-state index contributed by atoms with van der Waals surface area (Å²) in [5, 5.41) is 3.78. The molecule has 0 unspecified atom stereocenters. The number of carbonyl (C=O) groups excluding carboxylic acids is 1. The number of aromatic nitrogens is 2. The molecule has 0 bridgehead atoms. The maximum Gasteiger partial charge on any atom is 0.257 e. The van der Waals surface area contributed by atoms with E-state index in [1.165, 1.54) is 12.1 Å². The fourth-order valence-electron chi connectivity index (χ4n) is 2.76. The number of rotatable bonds is 4. The van der Waals surface area contributed by atoms with Crippen molar-refractivity contribution in [3.63, 3.8) is 0 Å². The maximum absolute atomic E-state index is 13.9. The summed E-state index contributed by atoms with van der Waals surface area (Å²) in [6.45, 7) is 4.84. The molecule has 1 aliphatic heterocycles. The number of aryl methyl sites for hydroxylation is 1. The zero-order valence-corrected chi connectivity index (χ0v) is 13.1. The molecule has 0 aliphatic carbocycles. The first kappa shape index (κ1) is 15.5. The molecule has 0 radical (unpaired) electrons. The van der Waals surface area contributed by atoms with Crippen molar-refractivity contribution in [3.05, 3.63) is 41.3 Å². The van der Waals surface area contributed by atoms with E-state index in [9.17, 15) is 9.18 Å². The molecule has 1 aliphatic rings. The first-order valence-corrected chi connectivity index (χ1v) is 7.61. The monoisotopic (exact) mass is 319 g/mol. The Morgan fingerprint density at radius 1 is 1.52 bits per heavy atom. The number of amides is 1. The Hall–Kier alpha value is -2.44. The first-order valence-electron chi connectivity index (χ1n) is 7.61. The first-order chi connectivity index (χ1) is 11.1. The molecule has 1 saturated heterocycles. The van der Waals surface area contributed by atoms with E-state index in [2.05, 4.69) is 10.1 Å². The lowest BCUT2D eigenvalue weighted by Gasteiger charge is -2.18. The fourth-order valence-corrected chi connectivity index (χ4v) is 2.76. The normalized spacial score (nSPS) is 17.5. The van der Waals surface area contributed by atoms with Crippen molar-refractivity contribution < 1.29 is 18.4 Å². The van der Waals surface area contributed by atoms with Crippen molar-refractivity contribution in [3.8, 4) is 5.75 Å². The van der Waals surface area contributed by atoms with E-state index in [-0.39, 0.29) is 23.1 Å². The Labute approximate surface area is 133 Å². The Kier molecular flexibility index (Phi) is 4.27. The third kappa shape index (κ3) is 3.04. The second-order valence-corrected chi connectivity index (χ2v) is 5.47. The predicted octanol–water partition coefficient (Wildman–Crippen LogP) is 2.55. The largest absolute Gasteiger partial charge is 0.490 e. The molecule has 0 saturated carbocycles. The highest BCUT2D eigenvalue weighted by Crippen LogP contribution is 2.30. The smallest absolute Gasteiger partial charge is 0.257 e. The van der Waals surface area contributed by atoms with Crippen molar-refractivity contribution in [2.24, 2.45) is 0 Å². The number of ether oxygens (including phenoxy) is 1. The molecule has 2 aromatic rings. The predicted molar refractivity (Wildman–Crippen MR) is 79.9 cm³/mol. The van der Waals surface area contributed by atoms with Crippen LogP contribution >= 0.6 is 0 Å². The number of carbonyl (C=O) groups is 1. The van der Waals surface area contributed by atoms with E-state index in [0.717, 1.165) is 6.42 Å². The molecular weight excluding hydrogens is 301 g/mol. The van der Waals surface area contributed by atoms with Gasteiger partial charge in [-0.3, -0.25) is 4.79 Å². The van der Waals surface area contributed by atoms with Gasteiger partial charge in [0.15, 0.2) is 17.4 Å². The number of likely N-dealkylation sites (tertiary alicyclic amines) is 1. The Morgan fingerprint density at radius 2 is 2.35 bits per heavy atom. The summed E-state index contributed by atoms with van der Waals surface area (Å²) in [5.41, 5.74) is 0.245. The van der Waals surface area contributed by atoms with Gasteiger partial charge in [0, 0.05) is 13.1 Å². The number of hydrogen-bond donors (Lipinski definition) is 0. The average Bonchev–Trinajstić information content (AvgIpc) is 3.17. The molecule has 1 aromatic heterocycles. The molecule has 23 heavy (non-hydrogen) atoms. The minimum absolute atomic E-state index is 0.0112. The molecule has 1 amide bonds. The van der Waals surface area contributed by atoms with Gasteiger partial charge in [0.05, 0.1) is 18.1 Å². The van der Waals surface area contributed by atoms with Crippen LogP contribution in [-0.4, -0.2) is 40.6 Å². The molecule has 0 N–H and O–H groups in total. The topological polar surface area (TPSA) is 68.5 Å². The van der Waals surface area contributed by atoms with Crippen LogP contribution in [0.25, 0.3) is 0 Å². The summed E-state index contributed by atoms with van der Waals surface area (Å²) in [4.78, 5) is 18.6. The minimum Gasteiger partial charge on any atom is -0.490 e. The van der Waals surface area contributed by atoms with Crippen molar-refractivity contribution in [1.82, 2.24) is 15.0 Å². The number of nitrogens with zero attached hydrogens (tertiary/aromatic N) is 3. The van der Waals surface area contributed by atoms with Crippen molar-refractivity contribution in [2.45, 2.75) is 26.2 Å². The van der Waals surface area contributed by atoms with Crippen LogP contribution in [0.15, 0.2) is 22.7 Å². The molecule has 1 aromatic carbocycles. The van der Waals surface area contributed by atoms with E-state index < -0.39 is 5.82 Å². The maximum atomic E-state index is 13.9. The summed E-state index contributed by atoms with van der Waals surface area (Å²) < 4.78 is 24.4. The minimum atomic E-state index is -0.527. The molecular formula is C16H18FN3O3. The average molecular weight is 319 g/mol. The van der Waals surface area contributed by atoms with Gasteiger partial charge in [0.1, 0.15) is 0 Å². The number of benzene rings is 1. The van der Waals surface area contributed by atoms with Crippen LogP contribution in [0.5, 0.6) is 5.75 Å².